The number of hydrogen-bond acceptors (Lipinski definition) is 2. The number of rotatable bonds is 3. The maximum absolute atomic E-state index is 13.2. The first-order chi connectivity index (χ1) is 10.0. The Labute approximate surface area is 120 Å². The number of furan rings is 1. The van der Waals surface area contributed by atoms with E-state index in [1.165, 1.54) is 30.3 Å². The SMILES string of the molecule is Cc1c(C(=O)Cc2ccc(F)cc2)oc2ccc(F)cc12. The number of carbonyl (C=O) groups is 1. The van der Waals surface area contributed by atoms with Gasteiger partial charge in [0.05, 0.1) is 0 Å². The molecule has 0 radical (unpaired) electrons. The van der Waals surface area contributed by atoms with Crippen LogP contribution in [0.3, 0.4) is 0 Å². The second kappa shape index (κ2) is 5.13. The normalized spacial score (nSPS) is 11.0. The lowest BCUT2D eigenvalue weighted by Gasteiger charge is -2.00. The summed E-state index contributed by atoms with van der Waals surface area (Å²) in [6, 6.07) is 9.89. The molecule has 0 unspecified atom stereocenters. The van der Waals surface area contributed by atoms with Crippen molar-refractivity contribution in [3.63, 3.8) is 0 Å². The fraction of sp³-hybridized carbons (Fsp3) is 0.118. The lowest BCUT2D eigenvalue weighted by Crippen LogP contribution is -2.03. The van der Waals surface area contributed by atoms with E-state index in [0.717, 1.165) is 0 Å². The van der Waals surface area contributed by atoms with Crippen LogP contribution >= 0.6 is 0 Å². The van der Waals surface area contributed by atoms with E-state index in [2.05, 4.69) is 0 Å². The minimum Gasteiger partial charge on any atom is -0.453 e. The minimum atomic E-state index is -0.371. The third-order valence-corrected chi connectivity index (χ3v) is 3.43. The summed E-state index contributed by atoms with van der Waals surface area (Å²) in [4.78, 5) is 12.3. The molecule has 0 fully saturated rings. The summed E-state index contributed by atoms with van der Waals surface area (Å²) < 4.78 is 31.6. The molecule has 0 saturated heterocycles. The number of Topliss-reactive ketones (excluding diaryl/α,β-unsaturated/α-hetero) is 1. The molecule has 4 heteroatoms. The number of halogens is 2. The van der Waals surface area contributed by atoms with Gasteiger partial charge in [-0.1, -0.05) is 12.1 Å². The Kier molecular flexibility index (Phi) is 3.29. The van der Waals surface area contributed by atoms with Gasteiger partial charge in [-0.15, -0.1) is 0 Å². The molecule has 21 heavy (non-hydrogen) atoms. The van der Waals surface area contributed by atoms with Crippen molar-refractivity contribution < 1.29 is 18.0 Å². The lowest BCUT2D eigenvalue weighted by molar-refractivity contribution is 0.0967. The molecule has 0 bridgehead atoms. The molecular formula is C17H12F2O2. The fourth-order valence-corrected chi connectivity index (χ4v) is 2.33. The van der Waals surface area contributed by atoms with Crippen LogP contribution in [0.1, 0.15) is 21.7 Å². The van der Waals surface area contributed by atoms with Crippen LogP contribution in [0.15, 0.2) is 46.9 Å². The molecule has 2 nitrogen and oxygen atoms in total. The predicted molar refractivity (Wildman–Crippen MR) is 75.3 cm³/mol. The first-order valence-electron chi connectivity index (χ1n) is 6.51. The van der Waals surface area contributed by atoms with Gasteiger partial charge in [0.25, 0.3) is 0 Å². The van der Waals surface area contributed by atoms with Crippen LogP contribution in [0, 0.1) is 18.6 Å². The van der Waals surface area contributed by atoms with Crippen LogP contribution in [0.25, 0.3) is 11.0 Å². The third-order valence-electron chi connectivity index (χ3n) is 3.43. The second-order valence-electron chi connectivity index (χ2n) is 4.92. The van der Waals surface area contributed by atoms with Crippen molar-refractivity contribution in [2.24, 2.45) is 0 Å². The van der Waals surface area contributed by atoms with Gasteiger partial charge in [0.1, 0.15) is 17.2 Å². The molecule has 0 aliphatic heterocycles. The number of hydrogen-bond donors (Lipinski definition) is 0. The highest BCUT2D eigenvalue weighted by Crippen LogP contribution is 2.27. The highest BCUT2D eigenvalue weighted by atomic mass is 19.1. The molecule has 3 rings (SSSR count). The molecule has 106 valence electrons. The molecule has 0 amide bonds. The monoisotopic (exact) mass is 286 g/mol. The van der Waals surface area contributed by atoms with E-state index in [-0.39, 0.29) is 29.6 Å². The molecule has 0 atom stereocenters. The van der Waals surface area contributed by atoms with Crippen LogP contribution in [0.2, 0.25) is 0 Å². The van der Waals surface area contributed by atoms with Crippen LogP contribution < -0.4 is 0 Å². The van der Waals surface area contributed by atoms with E-state index >= 15 is 0 Å². The molecule has 0 aliphatic carbocycles. The number of aryl methyl sites for hydroxylation is 1. The minimum absolute atomic E-state index is 0.115. The zero-order valence-corrected chi connectivity index (χ0v) is 11.3. The highest BCUT2D eigenvalue weighted by molar-refractivity contribution is 6.01. The first-order valence-corrected chi connectivity index (χ1v) is 6.51. The van der Waals surface area contributed by atoms with Gasteiger partial charge in [0.2, 0.25) is 5.78 Å². The van der Waals surface area contributed by atoms with Crippen molar-refractivity contribution in [3.8, 4) is 0 Å². The van der Waals surface area contributed by atoms with E-state index in [1.807, 2.05) is 0 Å². The Balaban J connectivity index is 1.94. The van der Waals surface area contributed by atoms with Gasteiger partial charge in [-0.2, -0.15) is 0 Å². The fourth-order valence-electron chi connectivity index (χ4n) is 2.33. The average Bonchev–Trinajstić information content (AvgIpc) is 2.79. The topological polar surface area (TPSA) is 30.2 Å². The number of benzene rings is 2. The number of carbonyl (C=O) groups excluding carboxylic acids is 1. The van der Waals surface area contributed by atoms with Gasteiger partial charge < -0.3 is 4.42 Å². The van der Waals surface area contributed by atoms with Gasteiger partial charge in [0, 0.05) is 17.4 Å². The largest absolute Gasteiger partial charge is 0.453 e. The number of ketones is 1. The smallest absolute Gasteiger partial charge is 0.202 e. The molecule has 2 aromatic carbocycles. The maximum Gasteiger partial charge on any atom is 0.202 e. The first kappa shape index (κ1) is 13.5. The predicted octanol–water partition coefficient (Wildman–Crippen LogP) is 4.44. The zero-order valence-electron chi connectivity index (χ0n) is 11.3. The van der Waals surface area contributed by atoms with Crippen molar-refractivity contribution in [3.05, 3.63) is 71.0 Å². The van der Waals surface area contributed by atoms with Crippen molar-refractivity contribution >= 4 is 16.8 Å². The Hall–Kier alpha value is -2.49. The van der Waals surface area contributed by atoms with E-state index in [0.29, 0.717) is 22.1 Å². The molecule has 0 saturated carbocycles. The summed E-state index contributed by atoms with van der Waals surface area (Å²) >= 11 is 0. The molecule has 0 spiro atoms. The van der Waals surface area contributed by atoms with Crippen molar-refractivity contribution in [2.45, 2.75) is 13.3 Å². The standard InChI is InChI=1S/C17H12F2O2/c1-10-14-9-13(19)6-7-16(14)21-17(10)15(20)8-11-2-4-12(18)5-3-11/h2-7,9H,8H2,1H3. The maximum atomic E-state index is 13.2. The van der Waals surface area contributed by atoms with E-state index in [1.54, 1.807) is 19.1 Å². The summed E-state index contributed by atoms with van der Waals surface area (Å²) in [5, 5.41) is 0.595. The Morgan fingerprint density at radius 2 is 1.71 bits per heavy atom. The lowest BCUT2D eigenvalue weighted by atomic mass is 10.0. The third kappa shape index (κ3) is 2.57. The molecule has 0 N–H and O–H groups in total. The van der Waals surface area contributed by atoms with Gasteiger partial charge in [-0.05, 0) is 42.8 Å². The quantitative estimate of drug-likeness (QED) is 0.666. The van der Waals surface area contributed by atoms with Crippen LogP contribution in [0.5, 0.6) is 0 Å². The van der Waals surface area contributed by atoms with Crippen LogP contribution in [-0.4, -0.2) is 5.78 Å². The van der Waals surface area contributed by atoms with Gasteiger partial charge >= 0.3 is 0 Å². The average molecular weight is 286 g/mol. The van der Waals surface area contributed by atoms with Crippen LogP contribution in [0.4, 0.5) is 8.78 Å². The van der Waals surface area contributed by atoms with Crippen molar-refractivity contribution in [1.29, 1.82) is 0 Å². The van der Waals surface area contributed by atoms with Crippen molar-refractivity contribution in [1.82, 2.24) is 0 Å². The summed E-state index contributed by atoms with van der Waals surface area (Å²) in [6.07, 6.45) is 0.115. The molecular weight excluding hydrogens is 274 g/mol. The Morgan fingerprint density at radius 3 is 2.43 bits per heavy atom. The molecule has 1 aromatic heterocycles. The zero-order chi connectivity index (χ0) is 15.0. The van der Waals surface area contributed by atoms with Gasteiger partial charge in [-0.25, -0.2) is 8.78 Å². The van der Waals surface area contributed by atoms with E-state index in [4.69, 9.17) is 4.42 Å². The van der Waals surface area contributed by atoms with Crippen molar-refractivity contribution in [2.75, 3.05) is 0 Å². The number of fused-ring (bicyclic) bond motifs is 1. The van der Waals surface area contributed by atoms with Crippen LogP contribution in [-0.2, 0) is 6.42 Å². The summed E-state index contributed by atoms with van der Waals surface area (Å²) in [5.74, 6) is -0.707. The van der Waals surface area contributed by atoms with Gasteiger partial charge in [-0.3, -0.25) is 4.79 Å². The Morgan fingerprint density at radius 1 is 1.05 bits per heavy atom. The summed E-state index contributed by atoms with van der Waals surface area (Å²) in [6.45, 7) is 1.73. The molecule has 3 aromatic rings. The second-order valence-corrected chi connectivity index (χ2v) is 4.92. The molecule has 0 aliphatic rings. The van der Waals surface area contributed by atoms with E-state index in [9.17, 15) is 13.6 Å². The Bertz CT molecular complexity index is 817. The summed E-state index contributed by atoms with van der Waals surface area (Å²) in [7, 11) is 0. The van der Waals surface area contributed by atoms with E-state index < -0.39 is 0 Å². The van der Waals surface area contributed by atoms with Gasteiger partial charge in [0.15, 0.2) is 5.76 Å². The highest BCUT2D eigenvalue weighted by Gasteiger charge is 2.18. The molecule has 1 heterocycles. The summed E-state index contributed by atoms with van der Waals surface area (Å²) in [5.41, 5.74) is 1.81.